The summed E-state index contributed by atoms with van der Waals surface area (Å²) in [7, 11) is 1.58. The van der Waals surface area contributed by atoms with Gasteiger partial charge in [-0.15, -0.1) is 0 Å². The van der Waals surface area contributed by atoms with E-state index in [9.17, 15) is 22.4 Å². The number of ether oxygens (including phenoxy) is 3. The number of thiocarbonyl (C=S) groups is 1. The Morgan fingerprint density at radius 3 is 2.76 bits per heavy atom. The maximum Gasteiger partial charge on any atom is 0.387 e. The van der Waals surface area contributed by atoms with Gasteiger partial charge in [0.2, 0.25) is 0 Å². The zero-order valence-corrected chi connectivity index (χ0v) is 21.1. The van der Waals surface area contributed by atoms with Crippen LogP contribution in [0.3, 0.4) is 0 Å². The molecule has 0 saturated heterocycles. The number of pyridine rings is 1. The summed E-state index contributed by atoms with van der Waals surface area (Å²) in [6.07, 6.45) is 3.50. The molecule has 0 saturated carbocycles. The number of amides is 1. The molecule has 1 aliphatic heterocycles. The third kappa shape index (κ3) is 7.52. The van der Waals surface area contributed by atoms with E-state index in [1.165, 1.54) is 0 Å². The first kappa shape index (κ1) is 28.1. The van der Waals surface area contributed by atoms with Crippen LogP contribution in [0.2, 0.25) is 0 Å². The number of rotatable bonds is 11. The number of carbonyl (C=O) groups is 1. The summed E-state index contributed by atoms with van der Waals surface area (Å²) in [6.45, 7) is 1.18. The number of halogens is 4. The van der Waals surface area contributed by atoms with Crippen molar-refractivity contribution in [3.05, 3.63) is 59.1 Å². The van der Waals surface area contributed by atoms with Crippen LogP contribution in [-0.4, -0.2) is 48.4 Å². The number of alkyl halides is 2. The molecule has 0 radical (unpaired) electrons. The van der Waals surface area contributed by atoms with Gasteiger partial charge < -0.3 is 30.2 Å². The van der Waals surface area contributed by atoms with Crippen molar-refractivity contribution in [2.24, 2.45) is 0 Å². The molecule has 1 amide bonds. The van der Waals surface area contributed by atoms with Gasteiger partial charge in [0.1, 0.15) is 23.2 Å². The Kier molecular flexibility index (Phi) is 9.27. The van der Waals surface area contributed by atoms with Crippen molar-refractivity contribution in [2.75, 3.05) is 25.6 Å². The molecule has 13 heteroatoms. The van der Waals surface area contributed by atoms with Gasteiger partial charge in [-0.05, 0) is 19.9 Å². The first-order chi connectivity index (χ1) is 17.5. The lowest BCUT2D eigenvalue weighted by Crippen LogP contribution is -2.39. The lowest BCUT2D eigenvalue weighted by Gasteiger charge is -2.25. The van der Waals surface area contributed by atoms with E-state index < -0.39 is 41.2 Å². The molecule has 200 valence electrons. The summed E-state index contributed by atoms with van der Waals surface area (Å²) >= 11 is 5.32. The Hall–Kier alpha value is -3.45. The van der Waals surface area contributed by atoms with E-state index in [2.05, 4.69) is 25.7 Å². The van der Waals surface area contributed by atoms with E-state index in [1.54, 1.807) is 25.6 Å². The highest BCUT2D eigenvalue weighted by Crippen LogP contribution is 2.32. The quantitative estimate of drug-likeness (QED) is 0.289. The van der Waals surface area contributed by atoms with Gasteiger partial charge in [-0.25, -0.2) is 8.78 Å². The van der Waals surface area contributed by atoms with Crippen LogP contribution in [0.5, 0.6) is 11.5 Å². The minimum atomic E-state index is -3.37. The van der Waals surface area contributed by atoms with E-state index in [1.807, 2.05) is 13.8 Å². The number of methoxy groups -OCH3 is 1. The fraction of sp³-hybridized carbons (Fsp3) is 0.375. The van der Waals surface area contributed by atoms with Gasteiger partial charge in [0.05, 0.1) is 23.1 Å². The van der Waals surface area contributed by atoms with Crippen molar-refractivity contribution in [1.82, 2.24) is 15.6 Å². The van der Waals surface area contributed by atoms with Gasteiger partial charge in [0.15, 0.2) is 11.6 Å². The fourth-order valence-electron chi connectivity index (χ4n) is 3.31. The van der Waals surface area contributed by atoms with Crippen molar-refractivity contribution in [2.45, 2.75) is 39.0 Å². The minimum Gasteiger partial charge on any atom is -0.489 e. The molecule has 1 aliphatic rings. The normalized spacial score (nSPS) is 13.9. The summed E-state index contributed by atoms with van der Waals surface area (Å²) in [6, 6.07) is 2.88. The van der Waals surface area contributed by atoms with Gasteiger partial charge in [-0.2, -0.15) is 8.78 Å². The maximum absolute atomic E-state index is 14.1. The molecule has 8 nitrogen and oxygen atoms in total. The summed E-state index contributed by atoms with van der Waals surface area (Å²) in [5.41, 5.74) is 0.149. The lowest BCUT2D eigenvalue weighted by atomic mass is 10.1. The van der Waals surface area contributed by atoms with Crippen LogP contribution in [-0.2, 0) is 16.1 Å². The average molecular weight is 543 g/mol. The molecule has 2 heterocycles. The minimum absolute atomic E-state index is 0.00837. The van der Waals surface area contributed by atoms with Crippen LogP contribution in [0.15, 0.2) is 41.9 Å². The molecule has 2 aromatic rings. The maximum atomic E-state index is 14.1. The van der Waals surface area contributed by atoms with Gasteiger partial charge in [0, 0.05) is 56.2 Å². The molecule has 0 spiro atoms. The third-order valence-corrected chi connectivity index (χ3v) is 5.68. The Bertz CT molecular complexity index is 1190. The molecule has 3 N–H and O–H groups in total. The largest absolute Gasteiger partial charge is 0.489 e. The highest BCUT2D eigenvalue weighted by Gasteiger charge is 2.26. The first-order valence-corrected chi connectivity index (χ1v) is 11.5. The second kappa shape index (κ2) is 12.2. The topological polar surface area (TPSA) is 93.7 Å². The van der Waals surface area contributed by atoms with E-state index in [0.717, 1.165) is 11.6 Å². The van der Waals surface area contributed by atoms with Crippen molar-refractivity contribution in [3.8, 4) is 11.5 Å². The van der Waals surface area contributed by atoms with Gasteiger partial charge in [-0.3, -0.25) is 9.78 Å². The van der Waals surface area contributed by atoms with Crippen molar-refractivity contribution >= 4 is 28.8 Å². The van der Waals surface area contributed by atoms with Crippen molar-refractivity contribution in [3.63, 3.8) is 0 Å². The number of benzene rings is 1. The second-order valence-corrected chi connectivity index (χ2v) is 8.95. The number of nitrogens with zero attached hydrogens (tertiary/aromatic N) is 1. The molecule has 1 aromatic carbocycles. The Morgan fingerprint density at radius 1 is 1.30 bits per heavy atom. The number of aromatic nitrogens is 1. The predicted octanol–water partition coefficient (Wildman–Crippen LogP) is 4.07. The second-order valence-electron chi connectivity index (χ2n) is 8.55. The zero-order valence-electron chi connectivity index (χ0n) is 20.3. The summed E-state index contributed by atoms with van der Waals surface area (Å²) < 4.78 is 68.9. The molecular weight excluding hydrogens is 516 g/mol. The number of nitrogens with one attached hydrogen (secondary N) is 3. The van der Waals surface area contributed by atoms with Gasteiger partial charge in [0.25, 0.3) is 5.91 Å². The highest BCUT2D eigenvalue weighted by molar-refractivity contribution is 7.81. The number of hydrogen-bond acceptors (Lipinski definition) is 7. The first-order valence-electron chi connectivity index (χ1n) is 11.1. The van der Waals surface area contributed by atoms with Crippen LogP contribution in [0.4, 0.5) is 23.2 Å². The van der Waals surface area contributed by atoms with E-state index in [0.29, 0.717) is 30.5 Å². The summed E-state index contributed by atoms with van der Waals surface area (Å²) in [5.74, 6) is -3.37. The predicted molar refractivity (Wildman–Crippen MR) is 132 cm³/mol. The van der Waals surface area contributed by atoms with Gasteiger partial charge >= 0.3 is 6.61 Å². The van der Waals surface area contributed by atoms with E-state index in [-0.39, 0.29) is 23.7 Å². The van der Waals surface area contributed by atoms with Crippen LogP contribution in [0.25, 0.3) is 0 Å². The molecule has 3 rings (SSSR count). The highest BCUT2D eigenvalue weighted by atomic mass is 32.1. The van der Waals surface area contributed by atoms with Crippen LogP contribution >= 0.6 is 12.2 Å². The molecule has 1 aromatic heterocycles. The molecule has 0 unspecified atom stereocenters. The lowest BCUT2D eigenvalue weighted by molar-refractivity contribution is -0.117. The molecule has 0 atom stereocenters. The van der Waals surface area contributed by atoms with Crippen LogP contribution in [0.1, 0.15) is 25.8 Å². The van der Waals surface area contributed by atoms with Gasteiger partial charge in [-0.1, -0.05) is 12.2 Å². The zero-order chi connectivity index (χ0) is 27.2. The average Bonchev–Trinajstić information content (AvgIpc) is 2.84. The van der Waals surface area contributed by atoms with Crippen molar-refractivity contribution < 1.29 is 36.6 Å². The van der Waals surface area contributed by atoms with Crippen LogP contribution in [0, 0.1) is 11.6 Å². The smallest absolute Gasteiger partial charge is 0.387 e. The Morgan fingerprint density at radius 2 is 2.05 bits per heavy atom. The van der Waals surface area contributed by atoms with Crippen LogP contribution < -0.4 is 25.4 Å². The number of carbonyl (C=O) groups excluding carboxylic acids is 1. The molecular formula is C24H26F4N4O4S. The monoisotopic (exact) mass is 542 g/mol. The molecule has 0 fully saturated rings. The Labute approximate surface area is 216 Å². The summed E-state index contributed by atoms with van der Waals surface area (Å²) in [5, 5.41) is 8.26. The van der Waals surface area contributed by atoms with E-state index in [4.69, 9.17) is 21.7 Å². The van der Waals surface area contributed by atoms with E-state index >= 15 is 0 Å². The number of hydrogen-bond donors (Lipinski definition) is 3. The fourth-order valence-corrected chi connectivity index (χ4v) is 3.64. The standard InChI is InChI=1S/C24H26F4N4O4S/c1-24(2,34-3)12-35-18-11-29-6-4-13(18)10-31-16-5-7-30-21(33)19(16)22(37)32-17-9-14(25)8-15(26)20(17)36-23(27)28/h4,6,8-9,11,23,31H,5,7,10,12H2,1-3H3,(H,30,33)(H,32,37). The van der Waals surface area contributed by atoms with Crippen molar-refractivity contribution in [1.29, 1.82) is 0 Å². The third-order valence-electron chi connectivity index (χ3n) is 5.37. The number of anilines is 1. The molecule has 0 bridgehead atoms. The SMILES string of the molecule is COC(C)(C)COc1cnccc1CNC1=C(C(=S)Nc2cc(F)cc(F)c2OC(F)F)C(=O)NCC1. The summed E-state index contributed by atoms with van der Waals surface area (Å²) in [4.78, 5) is 16.5. The Balaban J connectivity index is 1.84. The molecule has 37 heavy (non-hydrogen) atoms. The molecule has 0 aliphatic carbocycles.